The number of carbonyl (C=O) groups is 1. The van der Waals surface area contributed by atoms with E-state index in [-0.39, 0.29) is 12.0 Å². The maximum Gasteiger partial charge on any atom is 0.254 e. The minimum Gasteiger partial charge on any atom is -0.363 e. The summed E-state index contributed by atoms with van der Waals surface area (Å²) in [5.74, 6) is 1.94. The van der Waals surface area contributed by atoms with Gasteiger partial charge in [-0.1, -0.05) is 13.8 Å². The first-order chi connectivity index (χ1) is 7.10. The van der Waals surface area contributed by atoms with E-state index in [1.54, 1.807) is 0 Å². The quantitative estimate of drug-likeness (QED) is 0.642. The molecule has 1 atom stereocenters. The summed E-state index contributed by atoms with van der Waals surface area (Å²) in [5.41, 5.74) is 0.513. The van der Waals surface area contributed by atoms with Gasteiger partial charge in [0.2, 0.25) is 0 Å². The van der Waals surface area contributed by atoms with Crippen LogP contribution in [-0.2, 0) is 9.53 Å². The van der Waals surface area contributed by atoms with Gasteiger partial charge < -0.3 is 9.64 Å². The summed E-state index contributed by atoms with van der Waals surface area (Å²) >= 11 is 0. The topological polar surface area (TPSA) is 32.8 Å². The van der Waals surface area contributed by atoms with Gasteiger partial charge in [0.05, 0.1) is 6.61 Å². The summed E-state index contributed by atoms with van der Waals surface area (Å²) < 4.78 is 5.02. The van der Waals surface area contributed by atoms with Crippen LogP contribution in [0, 0.1) is 17.3 Å². The average molecular weight is 209 g/mol. The molecule has 1 spiro atoms. The summed E-state index contributed by atoms with van der Waals surface area (Å²) in [5, 5.41) is 0. The SMILES string of the molecule is CC(C)C1CC2(C1)CN(C(=O)C1CO1)C2. The van der Waals surface area contributed by atoms with Crippen LogP contribution in [0.5, 0.6) is 0 Å². The van der Waals surface area contributed by atoms with Gasteiger partial charge in [-0.2, -0.15) is 0 Å². The third-order valence-corrected chi connectivity index (χ3v) is 4.31. The smallest absolute Gasteiger partial charge is 0.254 e. The van der Waals surface area contributed by atoms with Crippen molar-refractivity contribution in [2.24, 2.45) is 17.3 Å². The molecule has 3 heteroatoms. The highest BCUT2D eigenvalue weighted by molar-refractivity contribution is 5.83. The Balaban J connectivity index is 1.48. The zero-order valence-electron chi connectivity index (χ0n) is 9.53. The van der Waals surface area contributed by atoms with Gasteiger partial charge in [-0.05, 0) is 24.7 Å². The number of hydrogen-bond donors (Lipinski definition) is 0. The van der Waals surface area contributed by atoms with E-state index < -0.39 is 0 Å². The van der Waals surface area contributed by atoms with E-state index in [1.165, 1.54) is 12.8 Å². The molecule has 0 aromatic heterocycles. The lowest BCUT2D eigenvalue weighted by molar-refractivity contribution is -0.158. The van der Waals surface area contributed by atoms with Crippen molar-refractivity contribution in [2.45, 2.75) is 32.8 Å². The second-order valence-corrected chi connectivity index (χ2v) is 5.93. The zero-order valence-corrected chi connectivity index (χ0v) is 9.53. The molecule has 3 aliphatic rings. The molecule has 1 aliphatic carbocycles. The molecule has 0 aromatic carbocycles. The van der Waals surface area contributed by atoms with Crippen LogP contribution in [0.4, 0.5) is 0 Å². The van der Waals surface area contributed by atoms with Crippen LogP contribution in [0.1, 0.15) is 26.7 Å². The Morgan fingerprint density at radius 2 is 2.00 bits per heavy atom. The maximum absolute atomic E-state index is 11.6. The number of ether oxygens (including phenoxy) is 1. The lowest BCUT2D eigenvalue weighted by Crippen LogP contribution is -2.64. The minimum absolute atomic E-state index is 0.0803. The molecule has 3 nitrogen and oxygen atoms in total. The van der Waals surface area contributed by atoms with Gasteiger partial charge in [-0.15, -0.1) is 0 Å². The van der Waals surface area contributed by atoms with Crippen LogP contribution in [0.2, 0.25) is 0 Å². The van der Waals surface area contributed by atoms with Gasteiger partial charge in [-0.3, -0.25) is 4.79 Å². The highest BCUT2D eigenvalue weighted by Crippen LogP contribution is 2.54. The first kappa shape index (κ1) is 9.64. The number of epoxide rings is 1. The Hall–Kier alpha value is -0.570. The van der Waals surface area contributed by atoms with Crippen molar-refractivity contribution in [1.82, 2.24) is 4.90 Å². The predicted molar refractivity (Wildman–Crippen MR) is 56.3 cm³/mol. The molecule has 84 valence electrons. The fourth-order valence-corrected chi connectivity index (χ4v) is 3.10. The molecule has 3 rings (SSSR count). The summed E-state index contributed by atoms with van der Waals surface area (Å²) in [6.07, 6.45) is 2.59. The highest BCUT2D eigenvalue weighted by atomic mass is 16.6. The molecule has 3 fully saturated rings. The van der Waals surface area contributed by atoms with E-state index in [0.29, 0.717) is 12.0 Å². The van der Waals surface area contributed by atoms with E-state index in [9.17, 15) is 4.79 Å². The normalized spacial score (nSPS) is 32.7. The van der Waals surface area contributed by atoms with Crippen LogP contribution in [0.25, 0.3) is 0 Å². The van der Waals surface area contributed by atoms with Crippen LogP contribution in [0.3, 0.4) is 0 Å². The largest absolute Gasteiger partial charge is 0.363 e. The molecule has 1 unspecified atom stereocenters. The van der Waals surface area contributed by atoms with Crippen molar-refractivity contribution in [3.8, 4) is 0 Å². The molecule has 2 aliphatic heterocycles. The molecule has 0 bridgehead atoms. The third-order valence-electron chi connectivity index (χ3n) is 4.31. The fraction of sp³-hybridized carbons (Fsp3) is 0.917. The Morgan fingerprint density at radius 3 is 2.47 bits per heavy atom. The average Bonchev–Trinajstić information content (AvgIpc) is 2.78. The Bertz CT molecular complexity index is 282. The van der Waals surface area contributed by atoms with Crippen molar-refractivity contribution >= 4 is 5.91 Å². The lowest BCUT2D eigenvalue weighted by Gasteiger charge is -2.60. The number of likely N-dealkylation sites (tertiary alicyclic amines) is 1. The van der Waals surface area contributed by atoms with E-state index in [2.05, 4.69) is 13.8 Å². The van der Waals surface area contributed by atoms with Gasteiger partial charge in [0.25, 0.3) is 5.91 Å². The highest BCUT2D eigenvalue weighted by Gasteiger charge is 2.55. The second-order valence-electron chi connectivity index (χ2n) is 5.93. The van der Waals surface area contributed by atoms with Crippen LogP contribution >= 0.6 is 0 Å². The molecule has 1 amide bonds. The van der Waals surface area contributed by atoms with Crippen LogP contribution < -0.4 is 0 Å². The van der Waals surface area contributed by atoms with Gasteiger partial charge in [0.1, 0.15) is 0 Å². The summed E-state index contributed by atoms with van der Waals surface area (Å²) in [6, 6.07) is 0. The molecule has 0 N–H and O–H groups in total. The second kappa shape index (κ2) is 2.97. The van der Waals surface area contributed by atoms with Crippen molar-refractivity contribution < 1.29 is 9.53 Å². The molecule has 2 heterocycles. The minimum atomic E-state index is -0.0803. The van der Waals surface area contributed by atoms with Crippen molar-refractivity contribution in [3.63, 3.8) is 0 Å². The van der Waals surface area contributed by atoms with Crippen LogP contribution in [-0.4, -0.2) is 36.6 Å². The fourth-order valence-electron chi connectivity index (χ4n) is 3.10. The number of nitrogens with zero attached hydrogens (tertiary/aromatic N) is 1. The zero-order chi connectivity index (χ0) is 10.6. The van der Waals surface area contributed by atoms with E-state index >= 15 is 0 Å². The van der Waals surface area contributed by atoms with Crippen molar-refractivity contribution in [3.05, 3.63) is 0 Å². The molecule has 0 radical (unpaired) electrons. The number of hydrogen-bond acceptors (Lipinski definition) is 2. The van der Waals surface area contributed by atoms with Gasteiger partial charge in [0, 0.05) is 18.5 Å². The maximum atomic E-state index is 11.6. The van der Waals surface area contributed by atoms with Crippen molar-refractivity contribution in [1.29, 1.82) is 0 Å². The molecular formula is C12H19NO2. The predicted octanol–water partition coefficient (Wildman–Crippen LogP) is 1.28. The number of rotatable bonds is 2. The van der Waals surface area contributed by atoms with Crippen LogP contribution in [0.15, 0.2) is 0 Å². The summed E-state index contributed by atoms with van der Waals surface area (Å²) in [6.45, 7) is 7.25. The molecule has 2 saturated heterocycles. The van der Waals surface area contributed by atoms with Crippen molar-refractivity contribution in [2.75, 3.05) is 19.7 Å². The van der Waals surface area contributed by atoms with E-state index in [1.807, 2.05) is 4.90 Å². The molecule has 1 saturated carbocycles. The Morgan fingerprint density at radius 1 is 1.40 bits per heavy atom. The first-order valence-corrected chi connectivity index (χ1v) is 6.00. The Kier molecular flexibility index (Phi) is 1.91. The van der Waals surface area contributed by atoms with E-state index in [0.717, 1.165) is 24.9 Å². The molecular weight excluding hydrogens is 190 g/mol. The summed E-state index contributed by atoms with van der Waals surface area (Å²) in [4.78, 5) is 13.6. The Labute approximate surface area is 90.8 Å². The van der Waals surface area contributed by atoms with Gasteiger partial charge >= 0.3 is 0 Å². The molecule has 0 aromatic rings. The lowest BCUT2D eigenvalue weighted by atomic mass is 9.55. The monoisotopic (exact) mass is 209 g/mol. The van der Waals surface area contributed by atoms with Gasteiger partial charge in [-0.25, -0.2) is 0 Å². The number of amides is 1. The first-order valence-electron chi connectivity index (χ1n) is 6.00. The summed E-state index contributed by atoms with van der Waals surface area (Å²) in [7, 11) is 0. The standard InChI is InChI=1S/C12H19NO2/c1-8(2)9-3-12(4-9)6-13(7-12)11(14)10-5-15-10/h8-10H,3-7H2,1-2H3. The van der Waals surface area contributed by atoms with Gasteiger partial charge in [0.15, 0.2) is 6.10 Å². The molecule has 15 heavy (non-hydrogen) atoms. The third kappa shape index (κ3) is 1.48. The number of carbonyl (C=O) groups excluding carboxylic acids is 1. The van der Waals surface area contributed by atoms with E-state index in [4.69, 9.17) is 4.74 Å².